The Bertz CT molecular complexity index is 884. The van der Waals surface area contributed by atoms with E-state index in [0.717, 1.165) is 16.3 Å². The van der Waals surface area contributed by atoms with Gasteiger partial charge in [0.1, 0.15) is 0 Å². The van der Waals surface area contributed by atoms with Gasteiger partial charge in [-0.05, 0) is 53.9 Å². The second-order valence-corrected chi connectivity index (χ2v) is 5.59. The van der Waals surface area contributed by atoms with Crippen molar-refractivity contribution in [1.29, 1.82) is 0 Å². The molecule has 128 valence electrons. The molecule has 0 fully saturated rings. The van der Waals surface area contributed by atoms with E-state index in [1.165, 1.54) is 6.26 Å². The second kappa shape index (κ2) is 7.66. The molecular weight excluding hydrogens is 318 g/mol. The fourth-order valence-electron chi connectivity index (χ4n) is 2.67. The molecule has 1 heterocycles. The molecule has 0 saturated carbocycles. The number of carbonyl (C=O) groups excluding carboxylic acids is 2. The van der Waals surface area contributed by atoms with E-state index in [-0.39, 0.29) is 24.1 Å². The molecule has 5 heteroatoms. The van der Waals surface area contributed by atoms with Crippen LogP contribution in [0.5, 0.6) is 0 Å². The lowest BCUT2D eigenvalue weighted by Gasteiger charge is -2.12. The molecule has 0 spiro atoms. The van der Waals surface area contributed by atoms with Crippen molar-refractivity contribution in [1.82, 2.24) is 0 Å². The zero-order chi connectivity index (χ0) is 17.6. The molecule has 2 aromatic carbocycles. The summed E-state index contributed by atoms with van der Waals surface area (Å²) in [5, 5.41) is 4.94. The lowest BCUT2D eigenvalue weighted by atomic mass is 10.0. The third-order valence-electron chi connectivity index (χ3n) is 3.87. The van der Waals surface area contributed by atoms with Crippen molar-refractivity contribution in [3.05, 3.63) is 66.1 Å². The van der Waals surface area contributed by atoms with Crippen molar-refractivity contribution in [3.63, 3.8) is 0 Å². The van der Waals surface area contributed by atoms with Crippen LogP contribution in [0.4, 0.5) is 5.69 Å². The largest absolute Gasteiger partial charge is 0.466 e. The van der Waals surface area contributed by atoms with Crippen LogP contribution in [0.3, 0.4) is 0 Å². The number of carbonyl (C=O) groups is 2. The first-order valence-electron chi connectivity index (χ1n) is 8.19. The summed E-state index contributed by atoms with van der Waals surface area (Å²) in [6.45, 7) is 2.14. The molecule has 0 aliphatic rings. The van der Waals surface area contributed by atoms with E-state index < -0.39 is 0 Å². The molecule has 0 aliphatic heterocycles. The fourth-order valence-corrected chi connectivity index (χ4v) is 2.67. The number of rotatable bonds is 6. The zero-order valence-corrected chi connectivity index (χ0v) is 14.0. The lowest BCUT2D eigenvalue weighted by Crippen LogP contribution is -2.13. The summed E-state index contributed by atoms with van der Waals surface area (Å²) in [6, 6.07) is 15.1. The van der Waals surface area contributed by atoms with Crippen molar-refractivity contribution in [2.45, 2.75) is 19.8 Å². The highest BCUT2D eigenvalue weighted by Gasteiger charge is 2.14. The molecule has 0 aliphatic carbocycles. The van der Waals surface area contributed by atoms with Gasteiger partial charge in [0.2, 0.25) is 0 Å². The van der Waals surface area contributed by atoms with Crippen LogP contribution in [0, 0.1) is 0 Å². The number of nitrogens with one attached hydrogen (secondary N) is 1. The first kappa shape index (κ1) is 16.8. The van der Waals surface area contributed by atoms with Gasteiger partial charge in [0.25, 0.3) is 5.91 Å². The Kier molecular flexibility index (Phi) is 5.14. The maximum atomic E-state index is 12.3. The maximum absolute atomic E-state index is 12.3. The summed E-state index contributed by atoms with van der Waals surface area (Å²) in [6.07, 6.45) is 2.20. The molecular formula is C20H19NO4. The zero-order valence-electron chi connectivity index (χ0n) is 14.0. The van der Waals surface area contributed by atoms with Gasteiger partial charge in [0.15, 0.2) is 5.76 Å². The average molecular weight is 337 g/mol. The van der Waals surface area contributed by atoms with Crippen LogP contribution in [0.25, 0.3) is 10.8 Å². The van der Waals surface area contributed by atoms with Crippen molar-refractivity contribution in [3.8, 4) is 0 Å². The van der Waals surface area contributed by atoms with Crippen LogP contribution in [0.1, 0.15) is 29.5 Å². The van der Waals surface area contributed by atoms with Gasteiger partial charge in [-0.2, -0.15) is 0 Å². The number of furan rings is 1. The predicted molar refractivity (Wildman–Crippen MR) is 95.6 cm³/mol. The second-order valence-electron chi connectivity index (χ2n) is 5.59. The molecule has 0 bridgehead atoms. The molecule has 0 atom stereocenters. The van der Waals surface area contributed by atoms with E-state index >= 15 is 0 Å². The minimum Gasteiger partial charge on any atom is -0.466 e. The quantitative estimate of drug-likeness (QED) is 0.685. The van der Waals surface area contributed by atoms with E-state index in [1.54, 1.807) is 19.1 Å². The number of fused-ring (bicyclic) bond motifs is 1. The number of esters is 1. The molecule has 1 amide bonds. The summed E-state index contributed by atoms with van der Waals surface area (Å²) in [7, 11) is 0. The number of benzene rings is 2. The van der Waals surface area contributed by atoms with E-state index in [2.05, 4.69) is 5.32 Å². The van der Waals surface area contributed by atoms with E-state index in [4.69, 9.17) is 9.15 Å². The monoisotopic (exact) mass is 337 g/mol. The van der Waals surface area contributed by atoms with Crippen LogP contribution in [0.15, 0.2) is 59.2 Å². The molecule has 1 N–H and O–H groups in total. The van der Waals surface area contributed by atoms with Gasteiger partial charge >= 0.3 is 5.97 Å². The first-order valence-corrected chi connectivity index (χ1v) is 8.19. The van der Waals surface area contributed by atoms with Gasteiger partial charge in [-0.25, -0.2) is 0 Å². The molecule has 3 aromatic rings. The van der Waals surface area contributed by atoms with Crippen LogP contribution in [-0.2, 0) is 16.0 Å². The smallest absolute Gasteiger partial charge is 0.306 e. The Morgan fingerprint density at radius 2 is 1.84 bits per heavy atom. The van der Waals surface area contributed by atoms with E-state index in [0.29, 0.717) is 18.7 Å². The molecule has 0 saturated heterocycles. The van der Waals surface area contributed by atoms with Crippen LogP contribution < -0.4 is 5.32 Å². The minimum atomic E-state index is -0.322. The number of hydrogen-bond acceptors (Lipinski definition) is 4. The Balaban J connectivity index is 1.89. The number of amides is 1. The molecule has 5 nitrogen and oxygen atoms in total. The highest BCUT2D eigenvalue weighted by atomic mass is 16.5. The van der Waals surface area contributed by atoms with Crippen molar-refractivity contribution >= 4 is 28.3 Å². The van der Waals surface area contributed by atoms with Crippen molar-refractivity contribution in [2.24, 2.45) is 0 Å². The molecule has 1 aromatic heterocycles. The average Bonchev–Trinajstić information content (AvgIpc) is 3.15. The highest BCUT2D eigenvalue weighted by molar-refractivity contribution is 6.04. The van der Waals surface area contributed by atoms with Crippen molar-refractivity contribution < 1.29 is 18.7 Å². The van der Waals surface area contributed by atoms with Crippen LogP contribution in [-0.4, -0.2) is 18.5 Å². The van der Waals surface area contributed by atoms with Crippen molar-refractivity contribution in [2.75, 3.05) is 11.9 Å². The first-order chi connectivity index (χ1) is 12.2. The van der Waals surface area contributed by atoms with Gasteiger partial charge in [-0.15, -0.1) is 0 Å². The number of aryl methyl sites for hydroxylation is 1. The summed E-state index contributed by atoms with van der Waals surface area (Å²) in [5.41, 5.74) is 1.55. The molecule has 3 rings (SSSR count). The van der Waals surface area contributed by atoms with Gasteiger partial charge < -0.3 is 14.5 Å². The van der Waals surface area contributed by atoms with Crippen LogP contribution in [0.2, 0.25) is 0 Å². The Morgan fingerprint density at radius 1 is 1.08 bits per heavy atom. The minimum absolute atomic E-state index is 0.240. The Labute approximate surface area is 145 Å². The summed E-state index contributed by atoms with van der Waals surface area (Å²) < 4.78 is 10.1. The van der Waals surface area contributed by atoms with Crippen LogP contribution >= 0.6 is 0 Å². The molecule has 25 heavy (non-hydrogen) atoms. The lowest BCUT2D eigenvalue weighted by molar-refractivity contribution is -0.143. The van der Waals surface area contributed by atoms with Gasteiger partial charge in [-0.3, -0.25) is 9.59 Å². The number of anilines is 1. The third kappa shape index (κ3) is 4.07. The van der Waals surface area contributed by atoms with E-state index in [1.807, 2.05) is 36.4 Å². The molecule has 0 radical (unpaired) electrons. The highest BCUT2D eigenvalue weighted by Crippen LogP contribution is 2.26. The Morgan fingerprint density at radius 3 is 2.52 bits per heavy atom. The predicted octanol–water partition coefficient (Wildman–Crippen LogP) is 4.18. The number of ether oxygens (including phenoxy) is 1. The van der Waals surface area contributed by atoms with E-state index in [9.17, 15) is 9.59 Å². The van der Waals surface area contributed by atoms with Gasteiger partial charge in [0, 0.05) is 12.1 Å². The summed E-state index contributed by atoms with van der Waals surface area (Å²) in [5.74, 6) is -0.332. The van der Waals surface area contributed by atoms with Gasteiger partial charge in [0.05, 0.1) is 12.9 Å². The Hall–Kier alpha value is -3.08. The number of hydrogen-bond donors (Lipinski definition) is 1. The standard InChI is InChI=1S/C20H19NO4/c1-2-24-19(22)10-9-16-12-14-6-3-4-7-15(14)13-17(16)21-20(23)18-8-5-11-25-18/h3-8,11-13H,2,9-10H2,1H3,(H,21,23). The molecule has 0 unspecified atom stereocenters. The fraction of sp³-hybridized carbons (Fsp3) is 0.200. The summed E-state index contributed by atoms with van der Waals surface area (Å²) in [4.78, 5) is 24.0. The maximum Gasteiger partial charge on any atom is 0.306 e. The third-order valence-corrected chi connectivity index (χ3v) is 3.87. The SMILES string of the molecule is CCOC(=O)CCc1cc2ccccc2cc1NC(=O)c1ccco1. The normalized spacial score (nSPS) is 10.6. The topological polar surface area (TPSA) is 68.5 Å². The van der Waals surface area contributed by atoms with Gasteiger partial charge in [-0.1, -0.05) is 24.3 Å². The summed E-state index contributed by atoms with van der Waals surface area (Å²) >= 11 is 0.